The number of rotatable bonds is 3. The molecule has 2 aromatic rings. The number of carbonyl (C=O) groups excluding carboxylic acids is 2. The third kappa shape index (κ3) is 2.44. The third-order valence-corrected chi connectivity index (χ3v) is 4.74. The zero-order valence-electron chi connectivity index (χ0n) is 12.9. The van der Waals surface area contributed by atoms with E-state index in [1.165, 1.54) is 6.07 Å². The van der Waals surface area contributed by atoms with Gasteiger partial charge in [0.1, 0.15) is 5.82 Å². The molecule has 4 rings (SSSR count). The molecule has 2 aliphatic rings. The van der Waals surface area contributed by atoms with E-state index < -0.39 is 11.2 Å². The minimum atomic E-state index is -0.606. The van der Waals surface area contributed by atoms with Crippen molar-refractivity contribution in [3.05, 3.63) is 53.6 Å². The van der Waals surface area contributed by atoms with Gasteiger partial charge in [-0.25, -0.2) is 4.39 Å². The highest BCUT2D eigenvalue weighted by atomic mass is 19.1. The first kappa shape index (κ1) is 14.8. The van der Waals surface area contributed by atoms with Gasteiger partial charge >= 0.3 is 0 Å². The van der Waals surface area contributed by atoms with Gasteiger partial charge in [0.05, 0.1) is 11.1 Å². The summed E-state index contributed by atoms with van der Waals surface area (Å²) in [7, 11) is 0. The summed E-state index contributed by atoms with van der Waals surface area (Å²) in [5, 5.41) is 5.37. The monoisotopic (exact) mass is 325 g/mol. The molecule has 2 N–H and O–H groups in total. The summed E-state index contributed by atoms with van der Waals surface area (Å²) in [6.45, 7) is 0. The number of aromatic nitrogens is 1. The van der Waals surface area contributed by atoms with Crippen molar-refractivity contribution in [1.29, 1.82) is 0 Å². The highest BCUT2D eigenvalue weighted by molar-refractivity contribution is 6.02. The van der Waals surface area contributed by atoms with E-state index in [4.69, 9.17) is 0 Å². The summed E-state index contributed by atoms with van der Waals surface area (Å²) < 4.78 is 14.3. The quantitative estimate of drug-likeness (QED) is 0.911. The Hall–Kier alpha value is -2.76. The number of amides is 2. The number of halogens is 1. The Morgan fingerprint density at radius 3 is 2.83 bits per heavy atom. The van der Waals surface area contributed by atoms with Crippen LogP contribution in [0.3, 0.4) is 0 Å². The molecule has 24 heavy (non-hydrogen) atoms. The van der Waals surface area contributed by atoms with Gasteiger partial charge in [-0.05, 0) is 48.6 Å². The van der Waals surface area contributed by atoms with Crippen LogP contribution < -0.4 is 10.6 Å². The Morgan fingerprint density at radius 1 is 1.29 bits per heavy atom. The fourth-order valence-electron chi connectivity index (χ4n) is 3.16. The summed E-state index contributed by atoms with van der Waals surface area (Å²) in [5.41, 5.74) is 1.72. The highest BCUT2D eigenvalue weighted by Crippen LogP contribution is 2.48. The molecular formula is C18H16FN3O2. The maximum absolute atomic E-state index is 14.3. The van der Waals surface area contributed by atoms with Gasteiger partial charge in [-0.15, -0.1) is 0 Å². The second-order valence-corrected chi connectivity index (χ2v) is 6.32. The summed E-state index contributed by atoms with van der Waals surface area (Å²) >= 11 is 0. The van der Waals surface area contributed by atoms with E-state index in [0.717, 1.165) is 24.0 Å². The van der Waals surface area contributed by atoms with Crippen LogP contribution >= 0.6 is 0 Å². The average molecular weight is 325 g/mol. The average Bonchev–Trinajstić information content (AvgIpc) is 3.38. The van der Waals surface area contributed by atoms with Crippen molar-refractivity contribution in [3.8, 4) is 0 Å². The lowest BCUT2D eigenvalue weighted by Crippen LogP contribution is -2.28. The predicted molar refractivity (Wildman–Crippen MR) is 87.1 cm³/mol. The van der Waals surface area contributed by atoms with E-state index in [2.05, 4.69) is 15.6 Å². The molecule has 0 unspecified atom stereocenters. The SMILES string of the molecule is O=C1CCc2cc(NC(=O)C3(c4cccnc4)CC3)c(F)cc2N1. The number of hydrogen-bond acceptors (Lipinski definition) is 3. The normalized spacial score (nSPS) is 17.6. The molecule has 0 radical (unpaired) electrons. The van der Waals surface area contributed by atoms with E-state index in [1.54, 1.807) is 24.5 Å². The number of aryl methyl sites for hydroxylation is 1. The van der Waals surface area contributed by atoms with Crippen LogP contribution in [0, 0.1) is 5.82 Å². The molecule has 1 aliphatic carbocycles. The van der Waals surface area contributed by atoms with Crippen molar-refractivity contribution in [2.75, 3.05) is 10.6 Å². The standard InChI is InChI=1S/C18H16FN3O2/c19-13-9-14-11(3-4-16(23)21-14)8-15(13)22-17(24)18(5-6-18)12-2-1-7-20-10-12/h1-2,7-10H,3-6H2,(H,21,23)(H,22,24). The number of nitrogens with one attached hydrogen (secondary N) is 2. The Kier molecular flexibility index (Phi) is 3.33. The van der Waals surface area contributed by atoms with E-state index in [-0.39, 0.29) is 17.5 Å². The van der Waals surface area contributed by atoms with Gasteiger partial charge in [0, 0.05) is 24.5 Å². The number of pyridine rings is 1. The van der Waals surface area contributed by atoms with E-state index in [9.17, 15) is 14.0 Å². The van der Waals surface area contributed by atoms with Crippen LogP contribution in [0.25, 0.3) is 0 Å². The van der Waals surface area contributed by atoms with E-state index in [0.29, 0.717) is 18.5 Å². The third-order valence-electron chi connectivity index (χ3n) is 4.74. The van der Waals surface area contributed by atoms with Gasteiger partial charge in [-0.1, -0.05) is 6.07 Å². The molecule has 0 saturated heterocycles. The molecule has 2 heterocycles. The van der Waals surface area contributed by atoms with Crippen molar-refractivity contribution in [2.24, 2.45) is 0 Å². The van der Waals surface area contributed by atoms with Crippen molar-refractivity contribution >= 4 is 23.2 Å². The van der Waals surface area contributed by atoms with Crippen molar-refractivity contribution in [1.82, 2.24) is 4.98 Å². The van der Waals surface area contributed by atoms with Crippen molar-refractivity contribution in [2.45, 2.75) is 31.1 Å². The molecule has 1 aliphatic heterocycles. The van der Waals surface area contributed by atoms with Crippen LogP contribution in [0.5, 0.6) is 0 Å². The number of nitrogens with zero attached hydrogens (tertiary/aromatic N) is 1. The molecular weight excluding hydrogens is 309 g/mol. The van der Waals surface area contributed by atoms with E-state index in [1.807, 2.05) is 6.07 Å². The number of benzene rings is 1. The summed E-state index contributed by atoms with van der Waals surface area (Å²) in [5.74, 6) is -0.882. The van der Waals surface area contributed by atoms with Gasteiger partial charge in [0.25, 0.3) is 0 Å². The molecule has 2 amide bonds. The van der Waals surface area contributed by atoms with Gasteiger partial charge < -0.3 is 10.6 Å². The zero-order chi connectivity index (χ0) is 16.7. The Morgan fingerprint density at radius 2 is 2.12 bits per heavy atom. The zero-order valence-corrected chi connectivity index (χ0v) is 12.9. The fraction of sp³-hybridized carbons (Fsp3) is 0.278. The minimum Gasteiger partial charge on any atom is -0.326 e. The van der Waals surface area contributed by atoms with Crippen LogP contribution in [-0.4, -0.2) is 16.8 Å². The topological polar surface area (TPSA) is 71.1 Å². The Bertz CT molecular complexity index is 832. The molecule has 122 valence electrons. The molecule has 1 fully saturated rings. The minimum absolute atomic E-state index is 0.118. The lowest BCUT2D eigenvalue weighted by molar-refractivity contribution is -0.118. The first-order valence-corrected chi connectivity index (χ1v) is 7.93. The first-order chi connectivity index (χ1) is 11.6. The number of carbonyl (C=O) groups is 2. The maximum atomic E-state index is 14.3. The molecule has 1 aromatic carbocycles. The summed E-state index contributed by atoms with van der Waals surface area (Å²) in [4.78, 5) is 28.1. The number of anilines is 2. The predicted octanol–water partition coefficient (Wildman–Crippen LogP) is 2.78. The maximum Gasteiger partial charge on any atom is 0.235 e. The van der Waals surface area contributed by atoms with Crippen LogP contribution in [0.1, 0.15) is 30.4 Å². The molecule has 1 saturated carbocycles. The van der Waals surface area contributed by atoms with Crippen LogP contribution in [0.15, 0.2) is 36.7 Å². The molecule has 5 nitrogen and oxygen atoms in total. The van der Waals surface area contributed by atoms with Crippen LogP contribution in [-0.2, 0) is 21.4 Å². The number of fused-ring (bicyclic) bond motifs is 1. The molecule has 0 spiro atoms. The molecule has 6 heteroatoms. The van der Waals surface area contributed by atoms with Gasteiger partial charge in [0.2, 0.25) is 11.8 Å². The van der Waals surface area contributed by atoms with Gasteiger partial charge in [-0.2, -0.15) is 0 Å². The van der Waals surface area contributed by atoms with Crippen molar-refractivity contribution in [3.63, 3.8) is 0 Å². The molecule has 0 bridgehead atoms. The summed E-state index contributed by atoms with van der Waals surface area (Å²) in [6, 6.07) is 6.55. The van der Waals surface area contributed by atoms with Gasteiger partial charge in [-0.3, -0.25) is 14.6 Å². The van der Waals surface area contributed by atoms with Crippen molar-refractivity contribution < 1.29 is 14.0 Å². The van der Waals surface area contributed by atoms with Crippen LogP contribution in [0.4, 0.5) is 15.8 Å². The lowest BCUT2D eigenvalue weighted by atomic mass is 9.96. The first-order valence-electron chi connectivity index (χ1n) is 7.93. The Labute approximate surface area is 138 Å². The van der Waals surface area contributed by atoms with Gasteiger partial charge in [0.15, 0.2) is 0 Å². The second-order valence-electron chi connectivity index (χ2n) is 6.32. The highest BCUT2D eigenvalue weighted by Gasteiger charge is 2.51. The summed E-state index contributed by atoms with van der Waals surface area (Å²) in [6.07, 6.45) is 5.71. The molecule has 1 aromatic heterocycles. The lowest BCUT2D eigenvalue weighted by Gasteiger charge is -2.20. The van der Waals surface area contributed by atoms with Crippen LogP contribution in [0.2, 0.25) is 0 Å². The smallest absolute Gasteiger partial charge is 0.235 e. The Balaban J connectivity index is 1.60. The fourth-order valence-corrected chi connectivity index (χ4v) is 3.16. The molecule has 0 atom stereocenters. The second kappa shape index (κ2) is 5.40. The largest absolute Gasteiger partial charge is 0.326 e. The van der Waals surface area contributed by atoms with E-state index >= 15 is 0 Å². The number of hydrogen-bond donors (Lipinski definition) is 2.